The predicted molar refractivity (Wildman–Crippen MR) is 381 cm³/mol. The predicted octanol–water partition coefficient (Wildman–Crippen LogP) is 21.0. The van der Waals surface area contributed by atoms with E-state index in [1.54, 1.807) is 4.57 Å². The Morgan fingerprint density at radius 1 is 0.352 bits per heavy atom. The molecule has 0 radical (unpaired) electrons. The fraction of sp³-hybridized carbons (Fsp3) is 0.289. The fourth-order valence-electron chi connectivity index (χ4n) is 12.7. The van der Waals surface area contributed by atoms with E-state index in [2.05, 4.69) is 219 Å². The molecule has 13 rings (SSSR count). The molecule has 0 unspecified atom stereocenters. The highest BCUT2D eigenvalue weighted by atomic mass is 15.2. The van der Waals surface area contributed by atoms with Gasteiger partial charge in [-0.05, 0) is 161 Å². The molecule has 4 heterocycles. The fourth-order valence-corrected chi connectivity index (χ4v) is 12.7. The van der Waals surface area contributed by atoms with Gasteiger partial charge in [0.05, 0.1) is 34.5 Å². The van der Waals surface area contributed by atoms with Gasteiger partial charge >= 0.3 is 0 Å². The molecule has 442 valence electrons. The Hall–Kier alpha value is -8.41. The average Bonchev–Trinajstić information content (AvgIpc) is 1.60. The summed E-state index contributed by atoms with van der Waals surface area (Å²) in [5.74, 6) is 0. The van der Waals surface area contributed by atoms with Gasteiger partial charge in [0.1, 0.15) is 0 Å². The smallest absolute Gasteiger partial charge is 0.252 e. The van der Waals surface area contributed by atoms with Gasteiger partial charge < -0.3 is 14.4 Å². The second-order valence-electron chi connectivity index (χ2n) is 30.5. The summed E-state index contributed by atoms with van der Waals surface area (Å²) in [7, 11) is 0. The van der Waals surface area contributed by atoms with Crippen LogP contribution in [0.5, 0.6) is 0 Å². The molecule has 0 atom stereocenters. The van der Waals surface area contributed by atoms with E-state index in [1.807, 2.05) is 36.4 Å². The number of benzene rings is 9. The number of hydrogen-bond acceptors (Lipinski definition) is 3. The first-order valence-electron chi connectivity index (χ1n) is 37.4. The molecule has 5 heteroatoms. The van der Waals surface area contributed by atoms with Gasteiger partial charge in [-0.25, -0.2) is 0 Å². The van der Waals surface area contributed by atoms with Crippen LogP contribution in [0.25, 0.3) is 60.9 Å². The second-order valence-corrected chi connectivity index (χ2v) is 30.5. The zero-order valence-corrected chi connectivity index (χ0v) is 54.4. The van der Waals surface area contributed by atoms with Gasteiger partial charge in [0.2, 0.25) is 0 Å². The van der Waals surface area contributed by atoms with Gasteiger partial charge in [-0.2, -0.15) is 0 Å². The molecule has 88 heavy (non-hydrogen) atoms. The van der Waals surface area contributed by atoms with E-state index in [9.17, 15) is 11.0 Å². The second kappa shape index (κ2) is 20.6. The van der Waals surface area contributed by atoms with E-state index in [-0.39, 0.29) is 50.3 Å². The van der Waals surface area contributed by atoms with Crippen molar-refractivity contribution in [3.63, 3.8) is 0 Å². The van der Waals surface area contributed by atoms with Crippen LogP contribution < -0.4 is 26.2 Å². The number of anilines is 6. The number of rotatable bonds is 6. The summed E-state index contributed by atoms with van der Waals surface area (Å²) in [6, 6.07) is 37.0. The van der Waals surface area contributed by atoms with Crippen LogP contribution in [0.2, 0.25) is 0 Å². The van der Waals surface area contributed by atoms with Gasteiger partial charge in [-0.1, -0.05) is 246 Å². The summed E-state index contributed by atoms with van der Waals surface area (Å²) >= 11 is 0. The van der Waals surface area contributed by atoms with Crippen LogP contribution >= 0.6 is 0 Å². The van der Waals surface area contributed by atoms with Crippen molar-refractivity contribution in [2.45, 2.75) is 157 Å². The molecule has 0 bridgehead atoms. The van der Waals surface area contributed by atoms with Crippen molar-refractivity contribution in [3.05, 3.63) is 234 Å². The third kappa shape index (κ3) is 10.2. The monoisotopic (exact) mass is 1160 g/mol. The van der Waals surface area contributed by atoms with Crippen LogP contribution in [0.15, 0.2) is 200 Å². The molecule has 2 aliphatic heterocycles. The number of pyridine rings is 1. The van der Waals surface area contributed by atoms with Gasteiger partial charge in [-0.3, -0.25) is 4.98 Å². The molecule has 0 N–H and O–H groups in total. The Morgan fingerprint density at radius 2 is 0.818 bits per heavy atom. The Bertz CT molecular complexity index is 5190. The third-order valence-corrected chi connectivity index (χ3v) is 17.9. The van der Waals surface area contributed by atoms with Crippen LogP contribution in [0, 0.1) is 0 Å². The van der Waals surface area contributed by atoms with Crippen LogP contribution in [-0.2, 0) is 32.5 Å². The number of para-hydroxylation sites is 2. The first-order valence-corrected chi connectivity index (χ1v) is 30.9. The molecule has 4 nitrogen and oxygen atoms in total. The number of nitrogens with zero attached hydrogens (tertiary/aromatic N) is 4. The largest absolute Gasteiger partial charge is 0.311 e. The van der Waals surface area contributed by atoms with Crippen LogP contribution in [-0.4, -0.2) is 16.3 Å². The summed E-state index contributed by atoms with van der Waals surface area (Å²) in [5.41, 5.74) is 15.6. The van der Waals surface area contributed by atoms with Crippen LogP contribution in [0.3, 0.4) is 0 Å². The number of hydrogen-bond donors (Lipinski definition) is 0. The molecule has 11 aromatic rings. The van der Waals surface area contributed by atoms with E-state index >= 15 is 0 Å². The van der Waals surface area contributed by atoms with Crippen molar-refractivity contribution in [2.75, 3.05) is 9.80 Å². The van der Waals surface area contributed by atoms with Gasteiger partial charge in [0, 0.05) is 78.2 Å². The van der Waals surface area contributed by atoms with Crippen LogP contribution in [0.4, 0.5) is 34.1 Å². The van der Waals surface area contributed by atoms with E-state index in [0.717, 1.165) is 95.0 Å². The lowest BCUT2D eigenvalue weighted by molar-refractivity contribution is 0.531. The van der Waals surface area contributed by atoms with E-state index in [1.165, 1.54) is 0 Å². The molecule has 0 fully saturated rings. The molecule has 0 saturated carbocycles. The summed E-state index contributed by atoms with van der Waals surface area (Å²) in [5, 5.41) is -0.0701. The minimum atomic E-state index is -0.617. The highest BCUT2D eigenvalue weighted by Crippen LogP contribution is 2.54. The van der Waals surface area contributed by atoms with Crippen molar-refractivity contribution < 1.29 is 17.8 Å². The minimum absolute atomic E-state index is 0.00893. The minimum Gasteiger partial charge on any atom is -0.311 e. The zero-order valence-electron chi connectivity index (χ0n) is 67.4. The van der Waals surface area contributed by atoms with Gasteiger partial charge in [-0.15, -0.1) is 0 Å². The first-order chi connectivity index (χ1) is 46.8. The van der Waals surface area contributed by atoms with E-state index in [0.29, 0.717) is 22.6 Å². The zero-order chi connectivity index (χ0) is 73.7. The molecule has 9 aromatic carbocycles. The topological polar surface area (TPSA) is 24.3 Å². The molecule has 0 saturated heterocycles. The maximum absolute atomic E-state index is 9.77. The average molecular weight is 1160 g/mol. The number of aromatic nitrogens is 2. The SMILES string of the molecule is [2H]c1c([2H])c([2H])c(-c2ccc3c(c2)N(c2cc(C(C)(C)C)cc(C(C)(C)C)c2)c2cc(C(C)(C)C)cc4c2B3c2ccc(-n3c5c([2H])c([2H])c([2H])c([2H])c5c5c([2H])c([2H])c([2H])c([2H])c53)cc2N4c2c(-c3ccccc3)cc(C(C)(C)C)cc2-c2cc(C(C)(C)C)nc(C(C)(C)C)c2)c([2H])c1[2H]. The molecule has 2 aliphatic rings. The Kier molecular flexibility index (Phi) is 10.5. The highest BCUT2D eigenvalue weighted by Gasteiger charge is 2.46. The Morgan fingerprint density at radius 3 is 1.35 bits per heavy atom. The van der Waals surface area contributed by atoms with Gasteiger partial charge in [0.25, 0.3) is 6.71 Å². The maximum atomic E-state index is 9.77. The summed E-state index contributed by atoms with van der Waals surface area (Å²) < 4.78 is 122. The normalized spacial score (nSPS) is 15.8. The summed E-state index contributed by atoms with van der Waals surface area (Å²) in [6.45, 7) is 39.1. The lowest BCUT2D eigenvalue weighted by Crippen LogP contribution is -2.61. The van der Waals surface area contributed by atoms with Crippen molar-refractivity contribution in [1.29, 1.82) is 0 Å². The maximum Gasteiger partial charge on any atom is 0.252 e. The van der Waals surface area contributed by atoms with E-state index in [4.69, 9.17) is 11.8 Å². The van der Waals surface area contributed by atoms with Crippen molar-refractivity contribution in [2.24, 2.45) is 0 Å². The quantitative estimate of drug-likeness (QED) is 0.155. The number of fused-ring (bicyclic) bond motifs is 7. The lowest BCUT2D eigenvalue weighted by atomic mass is 9.33. The first kappa shape index (κ1) is 44.9. The van der Waals surface area contributed by atoms with Crippen molar-refractivity contribution in [3.8, 4) is 39.1 Å². The Balaban J connectivity index is 1.29. The lowest BCUT2D eigenvalue weighted by Gasteiger charge is -2.46. The van der Waals surface area contributed by atoms with Gasteiger partial charge in [0.15, 0.2) is 0 Å². The molecule has 0 spiro atoms. The standard InChI is InChI=1S/C83H87BN4/c1-78(2,3)56-44-57(79(4,5)6)46-61(45-56)87-70-41-54(52-29-21-19-22-30-52)37-39-66(70)84-67-40-38-60(86-68-35-27-25-33-62(68)63-34-26-28-36-69(63)86)51-71(67)88(73-50-59(81(10,11)12)49-72(87)76(73)84)77-64(53-31-23-20-24-32-53)47-58(80(7,8)9)48-65(77)55-42-74(82(13,14)15)85-75(43-55)83(16,17)18/h19-51H,1-18H3/i19D,21D,22D,25D,26D,27D,28D,29D,30D,33D,34D,35D,36D. The Labute approximate surface area is 543 Å². The summed E-state index contributed by atoms with van der Waals surface area (Å²) in [6.07, 6.45) is 0. The van der Waals surface area contributed by atoms with Crippen molar-refractivity contribution in [1.82, 2.24) is 9.55 Å². The molecular formula is C83H87BN4. The molecule has 0 aliphatic carbocycles. The summed E-state index contributed by atoms with van der Waals surface area (Å²) in [4.78, 5) is 10.2. The van der Waals surface area contributed by atoms with E-state index < -0.39 is 94.8 Å². The third-order valence-electron chi connectivity index (χ3n) is 17.9. The molecule has 0 amide bonds. The highest BCUT2D eigenvalue weighted by molar-refractivity contribution is 7.00. The van der Waals surface area contributed by atoms with Crippen molar-refractivity contribution >= 4 is 79.0 Å². The van der Waals surface area contributed by atoms with Crippen LogP contribution in [0.1, 0.15) is 176 Å². The molecule has 2 aromatic heterocycles. The molecular weight excluding hydrogens is 1060 g/mol.